The standard InChI is InChI=1S/C22H23N5O.ClH/c23-21-20(13-6-8-15(9-7-13)28-14-4-2-1-3-5-14)22(24)27-19(26-21)10-16-17-11-25-12-18(16)17;/h1-9,16-18,25H,10-12H2,(H4,23,24,26,27);1H/t16?,17-,18+;. The van der Waals surface area contributed by atoms with Crippen molar-refractivity contribution < 1.29 is 4.74 Å². The van der Waals surface area contributed by atoms with Crippen LogP contribution in [0.4, 0.5) is 11.6 Å². The normalized spacial score (nSPS) is 21.9. The summed E-state index contributed by atoms with van der Waals surface area (Å²) in [5.74, 6) is 5.36. The fourth-order valence-electron chi connectivity index (χ4n) is 4.31. The number of nitrogens with two attached hydrogens (primary N) is 2. The second kappa shape index (κ2) is 7.89. The van der Waals surface area contributed by atoms with Crippen LogP contribution in [-0.4, -0.2) is 23.1 Å². The molecule has 1 aromatic heterocycles. The van der Waals surface area contributed by atoms with Gasteiger partial charge in [-0.05, 0) is 60.7 Å². The molecular formula is C22H24ClN5O. The van der Waals surface area contributed by atoms with Crippen molar-refractivity contribution in [3.63, 3.8) is 0 Å². The van der Waals surface area contributed by atoms with Gasteiger partial charge in [-0.15, -0.1) is 12.4 Å². The van der Waals surface area contributed by atoms with Gasteiger partial charge in [0.1, 0.15) is 29.0 Å². The molecule has 7 heteroatoms. The Labute approximate surface area is 176 Å². The summed E-state index contributed by atoms with van der Waals surface area (Å²) < 4.78 is 5.84. The molecular weight excluding hydrogens is 386 g/mol. The topological polar surface area (TPSA) is 99.1 Å². The predicted octanol–water partition coefficient (Wildman–Crippen LogP) is 3.53. The van der Waals surface area contributed by atoms with Gasteiger partial charge in [-0.25, -0.2) is 9.97 Å². The van der Waals surface area contributed by atoms with E-state index in [9.17, 15) is 0 Å². The van der Waals surface area contributed by atoms with Crippen LogP contribution >= 0.6 is 12.4 Å². The van der Waals surface area contributed by atoms with Crippen LogP contribution in [0.25, 0.3) is 11.1 Å². The number of hydrogen-bond donors (Lipinski definition) is 3. The largest absolute Gasteiger partial charge is 0.457 e. The maximum absolute atomic E-state index is 6.25. The fourth-order valence-corrected chi connectivity index (χ4v) is 4.31. The average molecular weight is 410 g/mol. The highest BCUT2D eigenvalue weighted by molar-refractivity contribution is 5.85. The van der Waals surface area contributed by atoms with Crippen LogP contribution in [0, 0.1) is 17.8 Å². The molecule has 0 bridgehead atoms. The third-order valence-electron chi connectivity index (χ3n) is 5.82. The summed E-state index contributed by atoms with van der Waals surface area (Å²) in [7, 11) is 0. The second-order valence-electron chi connectivity index (χ2n) is 7.58. The van der Waals surface area contributed by atoms with E-state index in [4.69, 9.17) is 16.2 Å². The van der Waals surface area contributed by atoms with Gasteiger partial charge in [0.05, 0.1) is 5.56 Å². The van der Waals surface area contributed by atoms with Gasteiger partial charge in [-0.1, -0.05) is 30.3 Å². The Morgan fingerprint density at radius 2 is 1.45 bits per heavy atom. The van der Waals surface area contributed by atoms with Crippen molar-refractivity contribution in [2.75, 3.05) is 24.6 Å². The molecule has 2 aliphatic rings. The van der Waals surface area contributed by atoms with E-state index >= 15 is 0 Å². The molecule has 2 aromatic carbocycles. The van der Waals surface area contributed by atoms with Gasteiger partial charge < -0.3 is 21.5 Å². The van der Waals surface area contributed by atoms with Crippen LogP contribution < -0.4 is 21.5 Å². The number of para-hydroxylation sites is 1. The van der Waals surface area contributed by atoms with Crippen molar-refractivity contribution in [3.05, 3.63) is 60.4 Å². The minimum Gasteiger partial charge on any atom is -0.457 e. The highest BCUT2D eigenvalue weighted by Crippen LogP contribution is 2.50. The third-order valence-corrected chi connectivity index (χ3v) is 5.82. The minimum absolute atomic E-state index is 0. The van der Waals surface area contributed by atoms with Crippen molar-refractivity contribution in [1.29, 1.82) is 0 Å². The van der Waals surface area contributed by atoms with E-state index in [0.29, 0.717) is 23.1 Å². The summed E-state index contributed by atoms with van der Waals surface area (Å²) in [6, 6.07) is 17.3. The lowest BCUT2D eigenvalue weighted by Gasteiger charge is -2.12. The molecule has 1 aliphatic heterocycles. The number of anilines is 2. The first kappa shape index (κ1) is 19.5. The Hall–Kier alpha value is -2.83. The first-order valence-electron chi connectivity index (χ1n) is 9.65. The molecule has 1 saturated heterocycles. The molecule has 1 saturated carbocycles. The highest BCUT2D eigenvalue weighted by atomic mass is 35.5. The Bertz CT molecular complexity index is 963. The van der Waals surface area contributed by atoms with Crippen LogP contribution in [-0.2, 0) is 6.42 Å². The lowest BCUT2D eigenvalue weighted by molar-refractivity contribution is 0.483. The number of nitrogen functional groups attached to an aromatic ring is 2. The molecule has 150 valence electrons. The maximum atomic E-state index is 6.25. The molecule has 3 atom stereocenters. The second-order valence-corrected chi connectivity index (χ2v) is 7.58. The number of halogens is 1. The summed E-state index contributed by atoms with van der Waals surface area (Å²) in [5, 5.41) is 3.41. The van der Waals surface area contributed by atoms with E-state index in [0.717, 1.165) is 54.2 Å². The molecule has 2 heterocycles. The number of nitrogens with zero attached hydrogens (tertiary/aromatic N) is 2. The maximum Gasteiger partial charge on any atom is 0.137 e. The molecule has 0 amide bonds. The van der Waals surface area contributed by atoms with Crippen LogP contribution in [0.1, 0.15) is 5.82 Å². The van der Waals surface area contributed by atoms with E-state index in [1.807, 2.05) is 54.6 Å². The number of piperidine rings is 1. The molecule has 0 radical (unpaired) electrons. The molecule has 1 unspecified atom stereocenters. The number of fused-ring (bicyclic) bond motifs is 1. The highest BCUT2D eigenvalue weighted by Gasteiger charge is 2.52. The number of benzene rings is 2. The SMILES string of the molecule is Cl.Nc1nc(CC2[C@H]3CNC[C@@H]23)nc(N)c1-c1ccc(Oc2ccccc2)cc1. The van der Waals surface area contributed by atoms with Gasteiger partial charge in [0.15, 0.2) is 0 Å². The zero-order chi connectivity index (χ0) is 19.1. The smallest absolute Gasteiger partial charge is 0.137 e. The van der Waals surface area contributed by atoms with E-state index in [-0.39, 0.29) is 12.4 Å². The van der Waals surface area contributed by atoms with Crippen LogP contribution in [0.3, 0.4) is 0 Å². The van der Waals surface area contributed by atoms with Crippen LogP contribution in [0.2, 0.25) is 0 Å². The van der Waals surface area contributed by atoms with E-state index < -0.39 is 0 Å². The Balaban J connectivity index is 0.00000205. The van der Waals surface area contributed by atoms with Gasteiger partial charge in [0, 0.05) is 6.42 Å². The predicted molar refractivity (Wildman–Crippen MR) is 117 cm³/mol. The molecule has 3 aromatic rings. The first-order valence-corrected chi connectivity index (χ1v) is 9.65. The zero-order valence-corrected chi connectivity index (χ0v) is 16.7. The molecule has 1 aliphatic carbocycles. The summed E-state index contributed by atoms with van der Waals surface area (Å²) in [6.45, 7) is 2.21. The van der Waals surface area contributed by atoms with Gasteiger partial charge in [-0.3, -0.25) is 0 Å². The molecule has 6 nitrogen and oxygen atoms in total. The number of rotatable bonds is 5. The molecule has 29 heavy (non-hydrogen) atoms. The molecule has 2 fully saturated rings. The van der Waals surface area contributed by atoms with Crippen LogP contribution in [0.15, 0.2) is 54.6 Å². The number of aromatic nitrogens is 2. The first-order chi connectivity index (χ1) is 13.7. The lowest BCUT2D eigenvalue weighted by Crippen LogP contribution is -2.16. The van der Waals surface area contributed by atoms with Crippen molar-refractivity contribution in [2.45, 2.75) is 6.42 Å². The van der Waals surface area contributed by atoms with Crippen molar-refractivity contribution in [3.8, 4) is 22.6 Å². The van der Waals surface area contributed by atoms with Gasteiger partial charge in [0.25, 0.3) is 0 Å². The molecule has 5 N–H and O–H groups in total. The Morgan fingerprint density at radius 3 is 2.07 bits per heavy atom. The van der Waals surface area contributed by atoms with Gasteiger partial charge in [0.2, 0.25) is 0 Å². The summed E-state index contributed by atoms with van der Waals surface area (Å²) in [6.07, 6.45) is 0.857. The Morgan fingerprint density at radius 1 is 0.862 bits per heavy atom. The molecule has 0 spiro atoms. The van der Waals surface area contributed by atoms with Crippen molar-refractivity contribution in [2.24, 2.45) is 17.8 Å². The molecule has 5 rings (SSSR count). The lowest BCUT2D eigenvalue weighted by atomic mass is 10.1. The zero-order valence-electron chi connectivity index (χ0n) is 15.9. The Kier molecular flexibility index (Phi) is 5.30. The number of hydrogen-bond acceptors (Lipinski definition) is 6. The van der Waals surface area contributed by atoms with Gasteiger partial charge in [-0.2, -0.15) is 0 Å². The van der Waals surface area contributed by atoms with Gasteiger partial charge >= 0.3 is 0 Å². The number of nitrogens with one attached hydrogen (secondary N) is 1. The summed E-state index contributed by atoms with van der Waals surface area (Å²) in [4.78, 5) is 9.09. The number of ether oxygens (including phenoxy) is 1. The van der Waals surface area contributed by atoms with E-state index in [1.165, 1.54) is 0 Å². The van der Waals surface area contributed by atoms with E-state index in [1.54, 1.807) is 0 Å². The fraction of sp³-hybridized carbons (Fsp3) is 0.273. The minimum atomic E-state index is 0. The van der Waals surface area contributed by atoms with E-state index in [2.05, 4.69) is 15.3 Å². The quantitative estimate of drug-likeness (QED) is 0.596. The summed E-state index contributed by atoms with van der Waals surface area (Å²) in [5.41, 5.74) is 14.1. The average Bonchev–Trinajstić information content (AvgIpc) is 3.11. The monoisotopic (exact) mass is 409 g/mol. The van der Waals surface area contributed by atoms with Crippen molar-refractivity contribution >= 4 is 24.0 Å². The van der Waals surface area contributed by atoms with Crippen LogP contribution in [0.5, 0.6) is 11.5 Å². The third kappa shape index (κ3) is 3.86. The van der Waals surface area contributed by atoms with Crippen molar-refractivity contribution in [1.82, 2.24) is 15.3 Å². The summed E-state index contributed by atoms with van der Waals surface area (Å²) >= 11 is 0.